The second-order valence-corrected chi connectivity index (χ2v) is 7.34. The maximum absolute atomic E-state index is 11.2. The minimum atomic E-state index is -0.813. The molecular weight excluding hydrogens is 390 g/mol. The first-order valence-electron chi connectivity index (χ1n) is 10.7. The van der Waals surface area contributed by atoms with Gasteiger partial charge in [0.15, 0.2) is 17.6 Å². The Morgan fingerprint density at radius 1 is 0.839 bits per heavy atom. The molecule has 0 amide bonds. The molecule has 0 aromatic heterocycles. The molecule has 0 heterocycles. The number of rotatable bonds is 12. The summed E-state index contributed by atoms with van der Waals surface area (Å²) in [4.78, 5) is 2.04. The summed E-state index contributed by atoms with van der Waals surface area (Å²) in [5.74, 6) is 1.24. The van der Waals surface area contributed by atoms with Crippen LogP contribution in [0.15, 0.2) is 84.9 Å². The quantitative estimate of drug-likeness (QED) is 0.462. The smallest absolute Gasteiger partial charge is 0.162 e. The van der Waals surface area contributed by atoms with Gasteiger partial charge in [-0.15, -0.1) is 0 Å². The molecule has 3 rings (SSSR count). The Bertz CT molecular complexity index is 888. The third-order valence-electron chi connectivity index (χ3n) is 4.99. The summed E-state index contributed by atoms with van der Waals surface area (Å²) in [6, 6.07) is 27.2. The second-order valence-electron chi connectivity index (χ2n) is 7.34. The number of aliphatic hydroxyl groups excluding tert-OH is 2. The van der Waals surface area contributed by atoms with E-state index in [2.05, 4.69) is 0 Å². The van der Waals surface area contributed by atoms with Gasteiger partial charge >= 0.3 is 0 Å². The third-order valence-corrected chi connectivity index (χ3v) is 4.99. The summed E-state index contributed by atoms with van der Waals surface area (Å²) in [6.45, 7) is 3.92. The molecule has 2 atom stereocenters. The van der Waals surface area contributed by atoms with E-state index < -0.39 is 12.2 Å². The summed E-state index contributed by atoms with van der Waals surface area (Å²) in [7, 11) is 0. The Morgan fingerprint density at radius 2 is 1.45 bits per heavy atom. The van der Waals surface area contributed by atoms with Gasteiger partial charge < -0.3 is 19.7 Å². The molecule has 0 radical (unpaired) electrons. The number of aliphatic hydroxyl groups is 2. The SMILES string of the molecule is CCOc1ccccc1O[C@@H](c1ccccc1)[C@@H](O)CN(CCO)Cc1ccccc1. The fraction of sp³-hybridized carbons (Fsp3) is 0.308. The Kier molecular flexibility index (Phi) is 8.91. The van der Waals surface area contributed by atoms with Crippen molar-refractivity contribution >= 4 is 0 Å². The van der Waals surface area contributed by atoms with Crippen molar-refractivity contribution in [3.05, 3.63) is 96.1 Å². The average Bonchev–Trinajstić information content (AvgIpc) is 2.80. The van der Waals surface area contributed by atoms with Crippen LogP contribution >= 0.6 is 0 Å². The summed E-state index contributed by atoms with van der Waals surface area (Å²) < 4.78 is 12.0. The fourth-order valence-corrected chi connectivity index (χ4v) is 3.55. The molecule has 0 unspecified atom stereocenters. The average molecular weight is 422 g/mol. The van der Waals surface area contributed by atoms with E-state index in [0.717, 1.165) is 11.1 Å². The van der Waals surface area contributed by atoms with Crippen molar-refractivity contribution in [1.29, 1.82) is 0 Å². The van der Waals surface area contributed by atoms with Crippen LogP contribution < -0.4 is 9.47 Å². The number of para-hydroxylation sites is 2. The monoisotopic (exact) mass is 421 g/mol. The fourth-order valence-electron chi connectivity index (χ4n) is 3.55. The van der Waals surface area contributed by atoms with Crippen molar-refractivity contribution in [3.8, 4) is 11.5 Å². The van der Waals surface area contributed by atoms with Crippen LogP contribution in [0.2, 0.25) is 0 Å². The molecule has 5 heteroatoms. The predicted molar refractivity (Wildman–Crippen MR) is 122 cm³/mol. The summed E-state index contributed by atoms with van der Waals surface area (Å²) in [6.07, 6.45) is -1.40. The lowest BCUT2D eigenvalue weighted by Crippen LogP contribution is -2.38. The van der Waals surface area contributed by atoms with Gasteiger partial charge in [-0.2, -0.15) is 0 Å². The largest absolute Gasteiger partial charge is 0.490 e. The molecule has 0 aliphatic carbocycles. The molecule has 3 aromatic rings. The highest BCUT2D eigenvalue weighted by molar-refractivity contribution is 5.40. The van der Waals surface area contributed by atoms with E-state index in [1.807, 2.05) is 96.8 Å². The molecule has 2 N–H and O–H groups in total. The Morgan fingerprint density at radius 3 is 2.10 bits per heavy atom. The summed E-state index contributed by atoms with van der Waals surface area (Å²) >= 11 is 0. The van der Waals surface area contributed by atoms with E-state index in [4.69, 9.17) is 9.47 Å². The van der Waals surface area contributed by atoms with Gasteiger partial charge in [0.05, 0.1) is 13.2 Å². The minimum absolute atomic E-state index is 0.0174. The van der Waals surface area contributed by atoms with Gasteiger partial charge in [-0.1, -0.05) is 72.8 Å². The third kappa shape index (κ3) is 6.82. The first-order valence-corrected chi connectivity index (χ1v) is 10.7. The summed E-state index contributed by atoms with van der Waals surface area (Å²) in [5.41, 5.74) is 2.01. The molecule has 0 aliphatic rings. The topological polar surface area (TPSA) is 62.2 Å². The zero-order valence-corrected chi connectivity index (χ0v) is 17.9. The predicted octanol–water partition coefficient (Wildman–Crippen LogP) is 4.06. The lowest BCUT2D eigenvalue weighted by molar-refractivity contribution is 0.00455. The van der Waals surface area contributed by atoms with Gasteiger partial charge in [0.1, 0.15) is 6.10 Å². The van der Waals surface area contributed by atoms with E-state index >= 15 is 0 Å². The van der Waals surface area contributed by atoms with Crippen molar-refractivity contribution < 1.29 is 19.7 Å². The zero-order valence-electron chi connectivity index (χ0n) is 17.9. The maximum atomic E-state index is 11.2. The van der Waals surface area contributed by atoms with Crippen LogP contribution in [0.1, 0.15) is 24.2 Å². The number of nitrogens with zero attached hydrogens (tertiary/aromatic N) is 1. The van der Waals surface area contributed by atoms with E-state index in [0.29, 0.717) is 37.7 Å². The second kappa shape index (κ2) is 12.1. The molecule has 0 bridgehead atoms. The normalized spacial score (nSPS) is 13.0. The first kappa shape index (κ1) is 22.8. The van der Waals surface area contributed by atoms with Crippen LogP contribution in [-0.2, 0) is 6.54 Å². The van der Waals surface area contributed by atoms with Crippen LogP contribution in [0.3, 0.4) is 0 Å². The van der Waals surface area contributed by atoms with Gasteiger partial charge in [-0.3, -0.25) is 4.90 Å². The Balaban J connectivity index is 1.81. The number of hydrogen-bond acceptors (Lipinski definition) is 5. The molecule has 0 aliphatic heterocycles. The maximum Gasteiger partial charge on any atom is 0.162 e. The van der Waals surface area contributed by atoms with Crippen LogP contribution in [0.4, 0.5) is 0 Å². The van der Waals surface area contributed by atoms with E-state index in [1.165, 1.54) is 0 Å². The molecule has 0 fully saturated rings. The van der Waals surface area contributed by atoms with Crippen LogP contribution in [0, 0.1) is 0 Å². The lowest BCUT2D eigenvalue weighted by atomic mass is 10.0. The van der Waals surface area contributed by atoms with Gasteiger partial charge in [0, 0.05) is 19.6 Å². The van der Waals surface area contributed by atoms with E-state index in [1.54, 1.807) is 0 Å². The molecule has 0 spiro atoms. The highest BCUT2D eigenvalue weighted by Gasteiger charge is 2.26. The van der Waals surface area contributed by atoms with Gasteiger partial charge in [0.2, 0.25) is 0 Å². The van der Waals surface area contributed by atoms with Crippen molar-refractivity contribution in [3.63, 3.8) is 0 Å². The van der Waals surface area contributed by atoms with Gasteiger partial charge in [-0.25, -0.2) is 0 Å². The summed E-state index contributed by atoms with van der Waals surface area (Å²) in [5, 5.41) is 20.8. The highest BCUT2D eigenvalue weighted by atomic mass is 16.5. The van der Waals surface area contributed by atoms with Crippen LogP contribution in [0.25, 0.3) is 0 Å². The van der Waals surface area contributed by atoms with Crippen molar-refractivity contribution in [2.24, 2.45) is 0 Å². The van der Waals surface area contributed by atoms with Crippen LogP contribution in [-0.4, -0.2) is 47.5 Å². The lowest BCUT2D eigenvalue weighted by Gasteiger charge is -2.30. The highest BCUT2D eigenvalue weighted by Crippen LogP contribution is 2.33. The van der Waals surface area contributed by atoms with Crippen molar-refractivity contribution in [1.82, 2.24) is 4.90 Å². The van der Waals surface area contributed by atoms with Gasteiger partial charge in [-0.05, 0) is 30.2 Å². The molecule has 0 saturated carbocycles. The molecule has 3 aromatic carbocycles. The van der Waals surface area contributed by atoms with Gasteiger partial charge in [0.25, 0.3) is 0 Å². The number of benzene rings is 3. The molecular formula is C26H31NO4. The Hall–Kier alpha value is -2.86. The molecule has 31 heavy (non-hydrogen) atoms. The molecule has 5 nitrogen and oxygen atoms in total. The number of ether oxygens (including phenoxy) is 2. The van der Waals surface area contributed by atoms with E-state index in [-0.39, 0.29) is 6.61 Å². The Labute approximate surface area is 184 Å². The van der Waals surface area contributed by atoms with Crippen LogP contribution in [0.5, 0.6) is 11.5 Å². The number of hydrogen-bond donors (Lipinski definition) is 2. The first-order chi connectivity index (χ1) is 15.2. The van der Waals surface area contributed by atoms with E-state index in [9.17, 15) is 10.2 Å². The molecule has 164 valence electrons. The zero-order chi connectivity index (χ0) is 21.9. The molecule has 0 saturated heterocycles. The van der Waals surface area contributed by atoms with Crippen molar-refractivity contribution in [2.45, 2.75) is 25.7 Å². The minimum Gasteiger partial charge on any atom is -0.490 e. The van der Waals surface area contributed by atoms with Crippen molar-refractivity contribution in [2.75, 3.05) is 26.3 Å². The standard InChI is InChI=1S/C26H31NO4/c1-2-30-24-15-9-10-16-25(24)31-26(22-13-7-4-8-14-22)23(29)20-27(17-18-28)19-21-11-5-3-6-12-21/h3-16,23,26,28-29H,2,17-20H2,1H3/t23-,26-/m0/s1.